The van der Waals surface area contributed by atoms with E-state index < -0.39 is 0 Å². The first-order chi connectivity index (χ1) is 28.7. The summed E-state index contributed by atoms with van der Waals surface area (Å²) in [6, 6.07) is 81.8. The van der Waals surface area contributed by atoms with Gasteiger partial charge >= 0.3 is 0 Å². The van der Waals surface area contributed by atoms with Gasteiger partial charge in [0.05, 0.1) is 0 Å². The zero-order chi connectivity index (χ0) is 38.4. The van der Waals surface area contributed by atoms with E-state index in [2.05, 4.69) is 229 Å². The molecule has 0 amide bonds. The Labute approximate surface area is 342 Å². The molecule has 0 fully saturated rings. The van der Waals surface area contributed by atoms with Gasteiger partial charge in [-0.2, -0.15) is 0 Å². The highest BCUT2D eigenvalue weighted by Crippen LogP contribution is 2.46. The first-order valence-corrected chi connectivity index (χ1v) is 20.6. The van der Waals surface area contributed by atoms with Crippen LogP contribution in [0.15, 0.2) is 224 Å². The van der Waals surface area contributed by atoms with Crippen LogP contribution < -0.4 is 4.90 Å². The van der Waals surface area contributed by atoms with Crippen molar-refractivity contribution in [2.45, 2.75) is 0 Å². The van der Waals surface area contributed by atoms with Crippen LogP contribution >= 0.6 is 11.3 Å². The minimum absolute atomic E-state index is 1.11. The van der Waals surface area contributed by atoms with Gasteiger partial charge in [0.15, 0.2) is 0 Å². The molecule has 11 aromatic rings. The van der Waals surface area contributed by atoms with E-state index in [9.17, 15) is 0 Å². The minimum Gasteiger partial charge on any atom is -0.310 e. The van der Waals surface area contributed by atoms with Gasteiger partial charge in [-0.3, -0.25) is 0 Å². The maximum absolute atomic E-state index is 2.44. The first-order valence-electron chi connectivity index (χ1n) is 19.8. The predicted octanol–water partition coefficient (Wildman–Crippen LogP) is 16.5. The van der Waals surface area contributed by atoms with E-state index in [0.29, 0.717) is 0 Å². The second kappa shape index (κ2) is 14.4. The maximum atomic E-state index is 2.44. The fraction of sp³-hybridized carbons (Fsp3) is 0. The summed E-state index contributed by atoms with van der Waals surface area (Å²) in [6.45, 7) is 0. The highest BCUT2D eigenvalue weighted by atomic mass is 32.1. The van der Waals surface area contributed by atoms with Crippen LogP contribution in [0.3, 0.4) is 0 Å². The van der Waals surface area contributed by atoms with Gasteiger partial charge in [0.25, 0.3) is 0 Å². The zero-order valence-corrected chi connectivity index (χ0v) is 32.5. The third-order valence-corrected chi connectivity index (χ3v) is 12.7. The van der Waals surface area contributed by atoms with Crippen LogP contribution in [-0.2, 0) is 0 Å². The molecule has 10 aromatic carbocycles. The fourth-order valence-corrected chi connectivity index (χ4v) is 9.78. The normalized spacial score (nSPS) is 11.4. The first kappa shape index (κ1) is 34.0. The molecule has 0 N–H and O–H groups in total. The Hall–Kier alpha value is -7.26. The molecule has 0 radical (unpaired) electrons. The van der Waals surface area contributed by atoms with Crippen molar-refractivity contribution in [2.75, 3.05) is 4.90 Å². The monoisotopic (exact) mass is 755 g/mol. The lowest BCUT2D eigenvalue weighted by atomic mass is 9.92. The highest BCUT2D eigenvalue weighted by Gasteiger charge is 2.18. The number of thiophene rings is 1. The number of benzene rings is 10. The standard InChI is InChI=1S/C56H37NS/c1-3-12-38(13-4-1)40-22-24-41(25-23-40)43-28-32-46(33-29-43)57(45-30-26-42(27-31-45)39-14-5-2-6-15-39)47-34-35-55-53(36-47)54-37-52(50-19-9-10-20-51(50)56(54)58-55)49-21-11-17-44-16-7-8-18-48(44)49/h1-37H. The average Bonchev–Trinajstić information content (AvgIpc) is 3.68. The Balaban J connectivity index is 1.05. The lowest BCUT2D eigenvalue weighted by Crippen LogP contribution is -2.09. The van der Waals surface area contributed by atoms with Crippen molar-refractivity contribution in [1.82, 2.24) is 0 Å². The molecule has 1 nitrogen and oxygen atoms in total. The van der Waals surface area contributed by atoms with Crippen LogP contribution in [-0.4, -0.2) is 0 Å². The number of hydrogen-bond donors (Lipinski definition) is 0. The van der Waals surface area contributed by atoms with Gasteiger partial charge in [-0.1, -0.05) is 176 Å². The summed E-state index contributed by atoms with van der Waals surface area (Å²) >= 11 is 1.89. The van der Waals surface area contributed by atoms with Crippen molar-refractivity contribution in [3.8, 4) is 44.5 Å². The van der Waals surface area contributed by atoms with Gasteiger partial charge < -0.3 is 4.90 Å². The summed E-state index contributed by atoms with van der Waals surface area (Å²) in [5.74, 6) is 0. The molecule has 0 aliphatic carbocycles. The summed E-state index contributed by atoms with van der Waals surface area (Å²) in [4.78, 5) is 2.40. The third-order valence-electron chi connectivity index (χ3n) is 11.5. The maximum Gasteiger partial charge on any atom is 0.0468 e. The average molecular weight is 756 g/mol. The molecule has 0 atom stereocenters. The van der Waals surface area contributed by atoms with E-state index in [1.54, 1.807) is 0 Å². The van der Waals surface area contributed by atoms with Gasteiger partial charge in [0.1, 0.15) is 0 Å². The molecule has 0 bridgehead atoms. The van der Waals surface area contributed by atoms with E-state index in [1.165, 1.54) is 86.2 Å². The molecule has 58 heavy (non-hydrogen) atoms. The Bertz CT molecular complexity index is 3230. The molecule has 272 valence electrons. The van der Waals surface area contributed by atoms with E-state index >= 15 is 0 Å². The van der Waals surface area contributed by atoms with E-state index in [0.717, 1.165) is 17.1 Å². The molecule has 1 heterocycles. The van der Waals surface area contributed by atoms with Gasteiger partial charge in [-0.15, -0.1) is 11.3 Å². The lowest BCUT2D eigenvalue weighted by Gasteiger charge is -2.26. The van der Waals surface area contributed by atoms with Gasteiger partial charge in [0.2, 0.25) is 0 Å². The van der Waals surface area contributed by atoms with Crippen molar-refractivity contribution in [3.05, 3.63) is 224 Å². The van der Waals surface area contributed by atoms with E-state index in [4.69, 9.17) is 0 Å². The van der Waals surface area contributed by atoms with Crippen LogP contribution in [0.25, 0.3) is 86.2 Å². The quantitative estimate of drug-likeness (QED) is 0.157. The second-order valence-electron chi connectivity index (χ2n) is 14.9. The van der Waals surface area contributed by atoms with Crippen molar-refractivity contribution in [3.63, 3.8) is 0 Å². The molecular formula is C56H37NS. The number of rotatable bonds is 7. The molecule has 0 aliphatic heterocycles. The Morgan fingerprint density at radius 1 is 0.276 bits per heavy atom. The molecular weight excluding hydrogens is 719 g/mol. The molecule has 0 unspecified atom stereocenters. The van der Waals surface area contributed by atoms with Crippen LogP contribution in [0.2, 0.25) is 0 Å². The van der Waals surface area contributed by atoms with Crippen LogP contribution in [0.5, 0.6) is 0 Å². The molecule has 11 rings (SSSR count). The van der Waals surface area contributed by atoms with Gasteiger partial charge in [-0.05, 0) is 109 Å². The topological polar surface area (TPSA) is 3.24 Å². The number of nitrogens with zero attached hydrogens (tertiary/aromatic N) is 1. The minimum atomic E-state index is 1.11. The van der Waals surface area contributed by atoms with Crippen LogP contribution in [0, 0.1) is 0 Å². The fourth-order valence-electron chi connectivity index (χ4n) is 8.58. The molecule has 0 aliphatic rings. The molecule has 2 heteroatoms. The van der Waals surface area contributed by atoms with E-state index in [1.807, 2.05) is 11.3 Å². The predicted molar refractivity (Wildman–Crippen MR) is 251 cm³/mol. The SMILES string of the molecule is c1ccc(-c2ccc(-c3ccc(N(c4ccc(-c5ccccc5)cc4)c4ccc5sc6c7ccccc7c(-c7cccc8ccccc78)cc6c5c4)cc3)cc2)cc1. The van der Waals surface area contributed by atoms with Crippen molar-refractivity contribution in [1.29, 1.82) is 0 Å². The van der Waals surface area contributed by atoms with Crippen LogP contribution in [0.1, 0.15) is 0 Å². The molecule has 1 aromatic heterocycles. The summed E-state index contributed by atoms with van der Waals surface area (Å²) in [5, 5.41) is 7.67. The zero-order valence-electron chi connectivity index (χ0n) is 31.7. The van der Waals surface area contributed by atoms with Gasteiger partial charge in [-0.25, -0.2) is 0 Å². The molecule has 0 saturated heterocycles. The summed E-state index contributed by atoms with van der Waals surface area (Å²) in [7, 11) is 0. The van der Waals surface area contributed by atoms with Crippen molar-refractivity contribution >= 4 is 70.1 Å². The molecule has 0 spiro atoms. The number of anilines is 3. The highest BCUT2D eigenvalue weighted by molar-refractivity contribution is 7.26. The largest absolute Gasteiger partial charge is 0.310 e. The van der Waals surface area contributed by atoms with Crippen molar-refractivity contribution in [2.24, 2.45) is 0 Å². The van der Waals surface area contributed by atoms with Crippen molar-refractivity contribution < 1.29 is 0 Å². The second-order valence-corrected chi connectivity index (χ2v) is 15.9. The molecule has 0 saturated carbocycles. The summed E-state index contributed by atoms with van der Waals surface area (Å²) < 4.78 is 2.61. The van der Waals surface area contributed by atoms with Crippen LogP contribution in [0.4, 0.5) is 17.1 Å². The van der Waals surface area contributed by atoms with Gasteiger partial charge in [0, 0.05) is 42.6 Å². The Morgan fingerprint density at radius 3 is 1.34 bits per heavy atom. The summed E-state index contributed by atoms with van der Waals surface area (Å²) in [6.07, 6.45) is 0. The third kappa shape index (κ3) is 6.03. The lowest BCUT2D eigenvalue weighted by molar-refractivity contribution is 1.29. The Kier molecular flexibility index (Phi) is 8.42. The number of fused-ring (bicyclic) bond motifs is 6. The van der Waals surface area contributed by atoms with E-state index in [-0.39, 0.29) is 0 Å². The Morgan fingerprint density at radius 2 is 0.741 bits per heavy atom. The smallest absolute Gasteiger partial charge is 0.0468 e. The summed E-state index contributed by atoms with van der Waals surface area (Å²) in [5.41, 5.74) is 13.1. The number of hydrogen-bond acceptors (Lipinski definition) is 2.